The van der Waals surface area contributed by atoms with Crippen molar-refractivity contribution in [3.63, 3.8) is 0 Å². The smallest absolute Gasteiger partial charge is 0.354 e. The van der Waals surface area contributed by atoms with Crippen LogP contribution in [-0.4, -0.2) is 59.8 Å². The normalized spacial score (nSPS) is 36.5. The summed E-state index contributed by atoms with van der Waals surface area (Å²) in [5.41, 5.74) is 2.51. The number of nitrogens with zero attached hydrogens (tertiary/aromatic N) is 2. The molecule has 1 aromatic heterocycles. The number of hydrogen-bond donors (Lipinski definition) is 5. The van der Waals surface area contributed by atoms with Crippen molar-refractivity contribution < 1.29 is 38.4 Å². The van der Waals surface area contributed by atoms with Crippen molar-refractivity contribution in [2.75, 3.05) is 12.3 Å². The van der Waals surface area contributed by atoms with Gasteiger partial charge in [-0.1, -0.05) is 0 Å². The van der Waals surface area contributed by atoms with Crippen LogP contribution >= 0.6 is 7.60 Å². The third kappa shape index (κ3) is 2.65. The van der Waals surface area contributed by atoms with E-state index in [1.807, 2.05) is 0 Å². The van der Waals surface area contributed by atoms with E-state index < -0.39 is 67.8 Å². The van der Waals surface area contributed by atoms with Gasteiger partial charge in [-0.2, -0.15) is 4.98 Å². The van der Waals surface area contributed by atoms with E-state index in [1.54, 1.807) is 0 Å². The second-order valence-corrected chi connectivity index (χ2v) is 7.49. The highest BCUT2D eigenvalue weighted by atomic mass is 31.2. The zero-order valence-corrected chi connectivity index (χ0v) is 12.9. The number of aliphatic hydroxyl groups is 2. The first kappa shape index (κ1) is 17.4. The second-order valence-electron chi connectivity index (χ2n) is 5.73. The van der Waals surface area contributed by atoms with Gasteiger partial charge in [0.2, 0.25) is 0 Å². The fourth-order valence-electron chi connectivity index (χ4n) is 2.86. The Morgan fingerprint density at radius 2 is 2.12 bits per heavy atom. The molecule has 2 saturated heterocycles. The Hall–Kier alpha value is -1.40. The predicted molar refractivity (Wildman–Crippen MR) is 74.1 cm³/mol. The fourth-order valence-corrected chi connectivity index (χ4v) is 3.68. The molecular weight excluding hydrogens is 352 g/mol. The molecule has 6 N–H and O–H groups in total. The summed E-state index contributed by atoms with van der Waals surface area (Å²) < 4.78 is 35.9. The number of anilines is 1. The first-order chi connectivity index (χ1) is 11.0. The molecule has 0 aromatic carbocycles. The number of halogens is 1. The highest BCUT2D eigenvalue weighted by Gasteiger charge is 2.61. The van der Waals surface area contributed by atoms with Crippen LogP contribution in [0.3, 0.4) is 0 Å². The highest BCUT2D eigenvalue weighted by Crippen LogP contribution is 2.53. The van der Waals surface area contributed by atoms with Gasteiger partial charge in [-0.15, -0.1) is 0 Å². The number of ether oxygens (including phenoxy) is 2. The minimum absolute atomic E-state index is 0.411. The molecule has 0 bridgehead atoms. The average Bonchev–Trinajstić information content (AvgIpc) is 3.01. The lowest BCUT2D eigenvalue weighted by Crippen LogP contribution is -2.43. The molecule has 0 aliphatic carbocycles. The fraction of sp³-hybridized carbons (Fsp3) is 0.636. The van der Waals surface area contributed by atoms with Gasteiger partial charge in [0.15, 0.2) is 23.7 Å². The summed E-state index contributed by atoms with van der Waals surface area (Å²) in [6.07, 6.45) is -4.56. The van der Waals surface area contributed by atoms with E-state index in [0.29, 0.717) is 10.8 Å². The van der Waals surface area contributed by atoms with Crippen molar-refractivity contribution in [1.82, 2.24) is 9.55 Å². The number of hydrogen-bond acceptors (Lipinski definition) is 8. The molecule has 1 spiro atoms. The minimum Gasteiger partial charge on any atom is -0.387 e. The first-order valence-electron chi connectivity index (χ1n) is 6.80. The summed E-state index contributed by atoms with van der Waals surface area (Å²) in [7, 11) is -4.61. The van der Waals surface area contributed by atoms with Gasteiger partial charge >= 0.3 is 13.3 Å². The summed E-state index contributed by atoms with van der Waals surface area (Å²) in [4.78, 5) is 33.4. The van der Waals surface area contributed by atoms with Gasteiger partial charge in [-0.05, 0) is 0 Å². The molecule has 1 aromatic rings. The van der Waals surface area contributed by atoms with Crippen LogP contribution < -0.4 is 11.4 Å². The molecule has 2 aliphatic heterocycles. The van der Waals surface area contributed by atoms with Gasteiger partial charge in [-0.3, -0.25) is 9.13 Å². The van der Waals surface area contributed by atoms with Gasteiger partial charge in [0, 0.05) is 6.42 Å². The van der Waals surface area contributed by atoms with Crippen molar-refractivity contribution in [3.8, 4) is 0 Å². The largest absolute Gasteiger partial charge is 0.387 e. The molecule has 134 valence electrons. The monoisotopic (exact) mass is 367 g/mol. The van der Waals surface area contributed by atoms with Crippen LogP contribution in [0.1, 0.15) is 12.6 Å². The summed E-state index contributed by atoms with van der Waals surface area (Å²) in [5.74, 6) is -3.18. The van der Waals surface area contributed by atoms with Crippen LogP contribution in [0.4, 0.5) is 10.2 Å². The maximum absolute atomic E-state index is 13.5. The van der Waals surface area contributed by atoms with E-state index in [0.717, 1.165) is 0 Å². The van der Waals surface area contributed by atoms with E-state index in [-0.39, 0.29) is 0 Å². The van der Waals surface area contributed by atoms with E-state index in [4.69, 9.17) is 25.0 Å². The highest BCUT2D eigenvalue weighted by molar-refractivity contribution is 7.52. The number of nitrogens with two attached hydrogens (primary N) is 1. The SMILES string of the molecule is Nc1nc(=O)n([C@@H]2O[C@]3(COC(P(=O)(O)O)C3)[C@@H](O)[C@H]2O)cc1F. The van der Waals surface area contributed by atoms with E-state index in [9.17, 15) is 24.0 Å². The van der Waals surface area contributed by atoms with E-state index >= 15 is 0 Å². The van der Waals surface area contributed by atoms with Crippen LogP contribution in [0, 0.1) is 5.82 Å². The lowest BCUT2D eigenvalue weighted by atomic mass is 9.94. The summed E-state index contributed by atoms with van der Waals surface area (Å²) in [5, 5.41) is 20.4. The topological polar surface area (TPSA) is 177 Å². The molecule has 11 nitrogen and oxygen atoms in total. The lowest BCUT2D eigenvalue weighted by molar-refractivity contribution is -0.105. The molecule has 2 aliphatic rings. The standard InChI is InChI=1S/C11H15FN3O8P/c12-4-2-15(10(18)14-8(4)13)9-6(16)7(17)11(23-9)1-5(22-3-11)24(19,20)21/h2,5-7,9,16-17H,1,3H2,(H2,13,14,18)(H2,19,20,21)/t5?,6-,7+,9-,11-/m1/s1. The summed E-state index contributed by atoms with van der Waals surface area (Å²) in [6.45, 7) is -0.420. The minimum atomic E-state index is -4.61. The van der Waals surface area contributed by atoms with Crippen molar-refractivity contribution >= 4 is 13.4 Å². The Labute approximate surface area is 133 Å². The van der Waals surface area contributed by atoms with Crippen LogP contribution in [0.5, 0.6) is 0 Å². The zero-order chi connectivity index (χ0) is 17.9. The van der Waals surface area contributed by atoms with Gasteiger partial charge in [0.1, 0.15) is 17.8 Å². The Morgan fingerprint density at radius 3 is 2.71 bits per heavy atom. The average molecular weight is 367 g/mol. The van der Waals surface area contributed by atoms with Gasteiger partial charge in [-0.25, -0.2) is 9.18 Å². The van der Waals surface area contributed by atoms with Gasteiger partial charge in [0.05, 0.1) is 12.8 Å². The number of aromatic nitrogens is 2. The number of rotatable bonds is 2. The van der Waals surface area contributed by atoms with Crippen LogP contribution in [-0.2, 0) is 14.0 Å². The van der Waals surface area contributed by atoms with Crippen molar-refractivity contribution in [3.05, 3.63) is 22.5 Å². The number of nitrogen functional groups attached to an aromatic ring is 1. The molecule has 3 heterocycles. The van der Waals surface area contributed by atoms with E-state index in [2.05, 4.69) is 4.98 Å². The molecular formula is C11H15FN3O8P. The Balaban J connectivity index is 1.93. The van der Waals surface area contributed by atoms with Crippen molar-refractivity contribution in [2.24, 2.45) is 0 Å². The maximum atomic E-state index is 13.5. The Kier molecular flexibility index (Phi) is 4.04. The molecule has 13 heteroatoms. The Morgan fingerprint density at radius 1 is 1.46 bits per heavy atom. The summed E-state index contributed by atoms with van der Waals surface area (Å²) >= 11 is 0. The molecule has 24 heavy (non-hydrogen) atoms. The van der Waals surface area contributed by atoms with Crippen LogP contribution in [0.2, 0.25) is 0 Å². The molecule has 2 fully saturated rings. The van der Waals surface area contributed by atoms with Crippen molar-refractivity contribution in [2.45, 2.75) is 36.3 Å². The molecule has 5 atom stereocenters. The summed E-state index contributed by atoms with van der Waals surface area (Å²) in [6, 6.07) is 0. The van der Waals surface area contributed by atoms with Gasteiger partial charge < -0.3 is 35.2 Å². The molecule has 0 amide bonds. The first-order valence-corrected chi connectivity index (χ1v) is 8.48. The zero-order valence-electron chi connectivity index (χ0n) is 12.0. The molecule has 3 rings (SSSR count). The maximum Gasteiger partial charge on any atom is 0.354 e. The third-order valence-electron chi connectivity index (χ3n) is 4.13. The lowest BCUT2D eigenvalue weighted by Gasteiger charge is -2.25. The predicted octanol–water partition coefficient (Wildman–Crippen LogP) is -2.12. The van der Waals surface area contributed by atoms with Gasteiger partial charge in [0.25, 0.3) is 0 Å². The molecule has 0 radical (unpaired) electrons. The van der Waals surface area contributed by atoms with Crippen molar-refractivity contribution in [1.29, 1.82) is 0 Å². The van der Waals surface area contributed by atoms with Crippen LogP contribution in [0.15, 0.2) is 11.0 Å². The second kappa shape index (κ2) is 5.56. The van der Waals surface area contributed by atoms with Crippen LogP contribution in [0.25, 0.3) is 0 Å². The number of aliphatic hydroxyl groups excluding tert-OH is 2. The third-order valence-corrected chi connectivity index (χ3v) is 5.22. The molecule has 1 unspecified atom stereocenters. The Bertz CT molecular complexity index is 768. The van der Waals surface area contributed by atoms with E-state index in [1.165, 1.54) is 0 Å². The quantitative estimate of drug-likeness (QED) is 0.363. The molecule has 0 saturated carbocycles.